The van der Waals surface area contributed by atoms with Gasteiger partial charge in [-0.2, -0.15) is 0 Å². The molecule has 0 bridgehead atoms. The molecule has 4 rings (SSSR count). The summed E-state index contributed by atoms with van der Waals surface area (Å²) in [5.74, 6) is 1.15. The topological polar surface area (TPSA) is 124 Å². The second kappa shape index (κ2) is 9.95. The second-order valence-corrected chi connectivity index (χ2v) is 7.48. The molecule has 0 aromatic heterocycles. The highest BCUT2D eigenvalue weighted by Crippen LogP contribution is 2.35. The van der Waals surface area contributed by atoms with Crippen LogP contribution in [0.15, 0.2) is 72.8 Å². The minimum Gasteiger partial charge on any atom is -0.490 e. The van der Waals surface area contributed by atoms with Crippen molar-refractivity contribution < 1.29 is 28.5 Å². The van der Waals surface area contributed by atoms with E-state index < -0.39 is 18.2 Å². The number of hydrogen-bond donors (Lipinski definition) is 2. The molecule has 3 aromatic carbocycles. The van der Waals surface area contributed by atoms with Gasteiger partial charge in [0, 0.05) is 6.92 Å². The van der Waals surface area contributed by atoms with Gasteiger partial charge in [-0.25, -0.2) is 4.79 Å². The van der Waals surface area contributed by atoms with Crippen molar-refractivity contribution >= 4 is 23.6 Å². The van der Waals surface area contributed by atoms with Gasteiger partial charge < -0.3 is 24.7 Å². The number of nitrogens with two attached hydrogens (primary N) is 1. The summed E-state index contributed by atoms with van der Waals surface area (Å²) in [6.45, 7) is 1.52. The number of anilines is 1. The van der Waals surface area contributed by atoms with Crippen LogP contribution in [-0.4, -0.2) is 37.2 Å². The molecule has 174 valence electrons. The van der Waals surface area contributed by atoms with Gasteiger partial charge in [0.15, 0.2) is 11.9 Å². The fourth-order valence-corrected chi connectivity index (χ4v) is 3.42. The monoisotopic (exact) mass is 461 g/mol. The van der Waals surface area contributed by atoms with Crippen LogP contribution in [0.5, 0.6) is 23.0 Å². The lowest BCUT2D eigenvalue weighted by molar-refractivity contribution is -0.131. The SMILES string of the molecule is CC(=O)Oc1c(C(=N)N)cccc1N1CC(COc2ccc(Oc3ccccc3)cc2)OC1=O. The van der Waals surface area contributed by atoms with Gasteiger partial charge in [-0.15, -0.1) is 0 Å². The first kappa shape index (κ1) is 22.7. The van der Waals surface area contributed by atoms with Crippen molar-refractivity contribution in [1.29, 1.82) is 5.41 Å². The van der Waals surface area contributed by atoms with Crippen LogP contribution in [0.3, 0.4) is 0 Å². The molecule has 1 unspecified atom stereocenters. The molecule has 1 amide bonds. The summed E-state index contributed by atoms with van der Waals surface area (Å²) in [5.41, 5.74) is 6.11. The molecule has 1 atom stereocenters. The number of benzene rings is 3. The van der Waals surface area contributed by atoms with Crippen molar-refractivity contribution in [2.75, 3.05) is 18.1 Å². The van der Waals surface area contributed by atoms with Crippen LogP contribution in [0.25, 0.3) is 0 Å². The number of nitrogen functional groups attached to an aromatic ring is 1. The molecule has 3 aromatic rings. The number of cyclic esters (lactones) is 1. The van der Waals surface area contributed by atoms with Gasteiger partial charge in [0.2, 0.25) is 0 Å². The van der Waals surface area contributed by atoms with Crippen LogP contribution in [0.2, 0.25) is 0 Å². The summed E-state index contributed by atoms with van der Waals surface area (Å²) in [7, 11) is 0. The third-order valence-corrected chi connectivity index (χ3v) is 4.93. The van der Waals surface area contributed by atoms with Crippen molar-refractivity contribution in [3.8, 4) is 23.0 Å². The van der Waals surface area contributed by atoms with Gasteiger partial charge in [-0.05, 0) is 48.5 Å². The van der Waals surface area contributed by atoms with Crippen LogP contribution < -0.4 is 24.8 Å². The van der Waals surface area contributed by atoms with Gasteiger partial charge in [0.05, 0.1) is 17.8 Å². The fraction of sp³-hybridized carbons (Fsp3) is 0.160. The van der Waals surface area contributed by atoms with Crippen molar-refractivity contribution in [3.05, 3.63) is 78.4 Å². The van der Waals surface area contributed by atoms with Gasteiger partial charge in [0.1, 0.15) is 29.7 Å². The van der Waals surface area contributed by atoms with Crippen LogP contribution in [0, 0.1) is 5.41 Å². The third kappa shape index (κ3) is 5.26. The lowest BCUT2D eigenvalue weighted by Gasteiger charge is -2.19. The van der Waals surface area contributed by atoms with Gasteiger partial charge in [-0.3, -0.25) is 15.1 Å². The van der Waals surface area contributed by atoms with Gasteiger partial charge in [-0.1, -0.05) is 24.3 Å². The predicted octanol–water partition coefficient (Wildman–Crippen LogP) is 4.09. The first-order chi connectivity index (χ1) is 16.4. The van der Waals surface area contributed by atoms with E-state index in [9.17, 15) is 9.59 Å². The highest BCUT2D eigenvalue weighted by Gasteiger charge is 2.35. The molecule has 0 aliphatic carbocycles. The zero-order valence-corrected chi connectivity index (χ0v) is 18.4. The number of esters is 1. The average Bonchev–Trinajstić information content (AvgIpc) is 3.19. The average molecular weight is 461 g/mol. The lowest BCUT2D eigenvalue weighted by Crippen LogP contribution is -2.28. The van der Waals surface area contributed by atoms with Crippen molar-refractivity contribution in [1.82, 2.24) is 0 Å². The number of carbonyl (C=O) groups excluding carboxylic acids is 2. The normalized spacial score (nSPS) is 14.9. The van der Waals surface area contributed by atoms with Gasteiger partial charge >= 0.3 is 12.1 Å². The van der Waals surface area contributed by atoms with Gasteiger partial charge in [0.25, 0.3) is 0 Å². The second-order valence-electron chi connectivity index (χ2n) is 7.48. The highest BCUT2D eigenvalue weighted by molar-refractivity contribution is 6.02. The Morgan fingerprint density at radius 2 is 1.71 bits per heavy atom. The molecule has 0 spiro atoms. The number of para-hydroxylation sites is 2. The molecule has 0 saturated carbocycles. The first-order valence-electron chi connectivity index (χ1n) is 10.5. The third-order valence-electron chi connectivity index (χ3n) is 4.93. The van der Waals surface area contributed by atoms with Crippen molar-refractivity contribution in [3.63, 3.8) is 0 Å². The molecule has 1 saturated heterocycles. The molecule has 1 aliphatic rings. The zero-order valence-electron chi connectivity index (χ0n) is 18.4. The van der Waals surface area contributed by atoms with E-state index in [-0.39, 0.29) is 36.0 Å². The van der Waals surface area contributed by atoms with E-state index in [1.165, 1.54) is 17.9 Å². The number of carbonyl (C=O) groups is 2. The highest BCUT2D eigenvalue weighted by atomic mass is 16.6. The van der Waals surface area contributed by atoms with E-state index in [1.54, 1.807) is 36.4 Å². The molecule has 1 fully saturated rings. The Morgan fingerprint density at radius 1 is 1.03 bits per heavy atom. The molecule has 9 nitrogen and oxygen atoms in total. The van der Waals surface area contributed by atoms with E-state index in [1.807, 2.05) is 30.3 Å². The predicted molar refractivity (Wildman–Crippen MR) is 125 cm³/mol. The van der Waals surface area contributed by atoms with Crippen LogP contribution in [0.4, 0.5) is 10.5 Å². The Morgan fingerprint density at radius 3 is 2.38 bits per heavy atom. The van der Waals surface area contributed by atoms with E-state index in [0.717, 1.165) is 5.75 Å². The summed E-state index contributed by atoms with van der Waals surface area (Å²) in [4.78, 5) is 25.5. The van der Waals surface area contributed by atoms with Crippen LogP contribution in [-0.2, 0) is 9.53 Å². The van der Waals surface area contributed by atoms with E-state index in [2.05, 4.69) is 0 Å². The maximum atomic E-state index is 12.5. The van der Waals surface area contributed by atoms with Crippen LogP contribution >= 0.6 is 0 Å². The van der Waals surface area contributed by atoms with E-state index >= 15 is 0 Å². The number of nitrogens with zero attached hydrogens (tertiary/aromatic N) is 1. The Hall–Kier alpha value is -4.53. The molecular weight excluding hydrogens is 438 g/mol. The number of rotatable bonds is 8. The molecule has 1 aliphatic heterocycles. The fourth-order valence-electron chi connectivity index (χ4n) is 3.42. The minimum atomic E-state index is -0.616. The number of nitrogens with one attached hydrogen (secondary N) is 1. The summed E-state index contributed by atoms with van der Waals surface area (Å²) in [6.07, 6.45) is -1.17. The standard InChI is InChI=1S/C25H23N3O6/c1-16(29)32-23-21(24(26)27)8-5-9-22(23)28-14-20(34-25(28)30)15-31-17-10-12-19(13-11-17)33-18-6-3-2-4-7-18/h2-13,20H,14-15H2,1H3,(H3,26,27). The summed E-state index contributed by atoms with van der Waals surface area (Å²) in [6, 6.07) is 21.3. The summed E-state index contributed by atoms with van der Waals surface area (Å²) >= 11 is 0. The number of amidine groups is 1. The first-order valence-corrected chi connectivity index (χ1v) is 10.5. The zero-order chi connectivity index (χ0) is 24.1. The number of ether oxygens (including phenoxy) is 4. The van der Waals surface area contributed by atoms with Crippen LogP contribution in [0.1, 0.15) is 12.5 Å². The maximum absolute atomic E-state index is 12.5. The summed E-state index contributed by atoms with van der Waals surface area (Å²) < 4.78 is 22.2. The Labute approximate surface area is 196 Å². The quantitative estimate of drug-likeness (QED) is 0.224. The number of hydrogen-bond acceptors (Lipinski definition) is 7. The molecule has 34 heavy (non-hydrogen) atoms. The largest absolute Gasteiger partial charge is 0.490 e. The number of amides is 1. The smallest absolute Gasteiger partial charge is 0.415 e. The molecule has 9 heteroatoms. The Bertz CT molecular complexity index is 1200. The molecule has 1 heterocycles. The Balaban J connectivity index is 1.40. The van der Waals surface area contributed by atoms with Crippen molar-refractivity contribution in [2.45, 2.75) is 13.0 Å². The molecular formula is C25H23N3O6. The molecule has 3 N–H and O–H groups in total. The van der Waals surface area contributed by atoms with Crippen molar-refractivity contribution in [2.24, 2.45) is 5.73 Å². The van der Waals surface area contributed by atoms with E-state index in [0.29, 0.717) is 11.5 Å². The summed E-state index contributed by atoms with van der Waals surface area (Å²) in [5, 5.41) is 7.74. The minimum absolute atomic E-state index is 0.0371. The Kier molecular flexibility index (Phi) is 6.63. The van der Waals surface area contributed by atoms with E-state index in [4.69, 9.17) is 30.1 Å². The lowest BCUT2D eigenvalue weighted by atomic mass is 10.1. The molecule has 0 radical (unpaired) electrons. The maximum Gasteiger partial charge on any atom is 0.415 e.